The lowest BCUT2D eigenvalue weighted by Crippen LogP contribution is -2.27. The van der Waals surface area contributed by atoms with Gasteiger partial charge in [0.2, 0.25) is 0 Å². The number of pyridine rings is 2. The van der Waals surface area contributed by atoms with E-state index < -0.39 is 0 Å². The Bertz CT molecular complexity index is 1580. The van der Waals surface area contributed by atoms with Crippen molar-refractivity contribution in [2.75, 3.05) is 33.5 Å². The predicted octanol–water partition coefficient (Wildman–Crippen LogP) is 3.36. The first kappa shape index (κ1) is 22.0. The molecule has 0 unspecified atom stereocenters. The van der Waals surface area contributed by atoms with Crippen LogP contribution in [-0.2, 0) is 0 Å². The van der Waals surface area contributed by atoms with E-state index >= 15 is 0 Å². The molecular weight excluding hydrogens is 446 g/mol. The lowest BCUT2D eigenvalue weighted by molar-refractivity contribution is 0.0829. The number of nitrogens with zero attached hydrogens (tertiary/aromatic N) is 6. The molecule has 0 bridgehead atoms. The highest BCUT2D eigenvalue weighted by atomic mass is 16.2. The van der Waals surface area contributed by atoms with E-state index in [-0.39, 0.29) is 11.9 Å². The van der Waals surface area contributed by atoms with Crippen LogP contribution in [-0.4, -0.2) is 80.1 Å². The van der Waals surface area contributed by atoms with E-state index in [0.29, 0.717) is 33.9 Å². The molecule has 35 heavy (non-hydrogen) atoms. The Labute approximate surface area is 200 Å². The molecule has 4 aromatic heterocycles. The van der Waals surface area contributed by atoms with Crippen LogP contribution in [0.4, 0.5) is 10.5 Å². The summed E-state index contributed by atoms with van der Waals surface area (Å²) in [5, 5.41) is 10.9. The van der Waals surface area contributed by atoms with E-state index in [9.17, 15) is 9.59 Å². The average Bonchev–Trinajstić information content (AvgIpc) is 3.47. The molecule has 0 aliphatic carbocycles. The summed E-state index contributed by atoms with van der Waals surface area (Å²) < 4.78 is 0. The first-order valence-corrected chi connectivity index (χ1v) is 10.8. The summed E-state index contributed by atoms with van der Waals surface area (Å²) in [5.74, 6) is 0.423. The highest BCUT2D eigenvalue weighted by Gasteiger charge is 2.18. The molecule has 0 saturated carbocycles. The molecule has 5 aromatic rings. The molecule has 11 nitrogen and oxygen atoms in total. The van der Waals surface area contributed by atoms with Gasteiger partial charge in [-0.1, -0.05) is 6.07 Å². The number of aromatic amines is 2. The van der Waals surface area contributed by atoms with Gasteiger partial charge in [0.15, 0.2) is 11.5 Å². The summed E-state index contributed by atoms with van der Waals surface area (Å²) >= 11 is 0. The van der Waals surface area contributed by atoms with Crippen LogP contribution >= 0.6 is 0 Å². The number of benzene rings is 1. The number of para-hydroxylation sites is 1. The van der Waals surface area contributed by atoms with Crippen molar-refractivity contribution >= 4 is 39.7 Å². The van der Waals surface area contributed by atoms with Gasteiger partial charge in [-0.3, -0.25) is 14.9 Å². The Kier molecular flexibility index (Phi) is 5.36. The van der Waals surface area contributed by atoms with Crippen molar-refractivity contribution in [3.05, 3.63) is 54.5 Å². The van der Waals surface area contributed by atoms with Crippen LogP contribution in [0.15, 0.2) is 48.9 Å². The Morgan fingerprint density at radius 2 is 1.77 bits per heavy atom. The van der Waals surface area contributed by atoms with Crippen molar-refractivity contribution in [3.8, 4) is 22.6 Å². The third-order valence-corrected chi connectivity index (χ3v) is 5.52. The van der Waals surface area contributed by atoms with E-state index in [2.05, 4.69) is 30.5 Å². The Morgan fingerprint density at radius 3 is 2.54 bits per heavy atom. The Hall–Kier alpha value is -4.80. The van der Waals surface area contributed by atoms with E-state index in [1.54, 1.807) is 52.8 Å². The zero-order chi connectivity index (χ0) is 24.7. The van der Waals surface area contributed by atoms with Crippen LogP contribution in [0.1, 0.15) is 10.4 Å². The van der Waals surface area contributed by atoms with Gasteiger partial charge in [-0.05, 0) is 24.3 Å². The maximum absolute atomic E-state index is 12.6. The first-order valence-electron chi connectivity index (χ1n) is 10.8. The highest BCUT2D eigenvalue weighted by Crippen LogP contribution is 2.30. The zero-order valence-electron chi connectivity index (χ0n) is 19.6. The number of anilines is 1. The van der Waals surface area contributed by atoms with Gasteiger partial charge in [0.1, 0.15) is 11.2 Å². The fraction of sp³-hybridized carbons (Fsp3) is 0.167. The first-order chi connectivity index (χ1) is 16.8. The number of fused-ring (bicyclic) bond motifs is 2. The molecule has 0 atom stereocenters. The van der Waals surface area contributed by atoms with Gasteiger partial charge in [-0.25, -0.2) is 14.8 Å². The van der Waals surface area contributed by atoms with Gasteiger partial charge >= 0.3 is 6.03 Å². The lowest BCUT2D eigenvalue weighted by atomic mass is 10.1. The molecular formula is C24H23N9O2. The number of aromatic nitrogens is 6. The summed E-state index contributed by atoms with van der Waals surface area (Å²) in [6.07, 6.45) is 4.99. The fourth-order valence-corrected chi connectivity index (χ4v) is 3.70. The van der Waals surface area contributed by atoms with Crippen LogP contribution < -0.4 is 5.32 Å². The molecule has 4 heterocycles. The second kappa shape index (κ2) is 8.52. The third-order valence-electron chi connectivity index (χ3n) is 5.52. The van der Waals surface area contributed by atoms with Crippen molar-refractivity contribution in [2.24, 2.45) is 0 Å². The van der Waals surface area contributed by atoms with E-state index in [4.69, 9.17) is 4.98 Å². The quantitative estimate of drug-likeness (QED) is 0.369. The van der Waals surface area contributed by atoms with Crippen molar-refractivity contribution in [3.63, 3.8) is 0 Å². The number of rotatable bonds is 4. The van der Waals surface area contributed by atoms with E-state index in [1.807, 2.05) is 24.3 Å². The summed E-state index contributed by atoms with van der Waals surface area (Å²) in [6.45, 7) is 0. The van der Waals surface area contributed by atoms with Gasteiger partial charge in [0.05, 0.1) is 28.4 Å². The van der Waals surface area contributed by atoms with Crippen LogP contribution in [0.3, 0.4) is 0 Å². The van der Waals surface area contributed by atoms with E-state index in [1.165, 1.54) is 9.80 Å². The molecule has 3 amide bonds. The minimum Gasteiger partial charge on any atom is -0.345 e. The van der Waals surface area contributed by atoms with Crippen molar-refractivity contribution < 1.29 is 9.59 Å². The molecule has 176 valence electrons. The number of H-pyrrole nitrogens is 2. The molecule has 0 radical (unpaired) electrons. The fourth-order valence-electron chi connectivity index (χ4n) is 3.70. The number of nitrogens with one attached hydrogen (secondary N) is 3. The molecule has 1 aromatic carbocycles. The number of amides is 3. The maximum atomic E-state index is 12.6. The largest absolute Gasteiger partial charge is 0.345 e. The van der Waals surface area contributed by atoms with Crippen LogP contribution in [0.2, 0.25) is 0 Å². The number of hydrogen-bond donors (Lipinski definition) is 3. The molecule has 0 aliphatic rings. The standard InChI is InChI=1S/C24H23N9O2/c1-32(2)23(34)16-6-5-7-18-19(16)29-22(28-18)20-17-9-14(11-26-21(17)31-30-20)13-8-15(12-25-10-13)27-24(35)33(3)4/h5-12H,1-4H3,(H,27,35)(H,28,29)(H,26,30,31). The number of imidazole rings is 1. The monoisotopic (exact) mass is 469 g/mol. The van der Waals surface area contributed by atoms with Crippen molar-refractivity contribution in [1.29, 1.82) is 0 Å². The van der Waals surface area contributed by atoms with Gasteiger partial charge < -0.3 is 20.1 Å². The average molecular weight is 470 g/mol. The Morgan fingerprint density at radius 1 is 0.971 bits per heavy atom. The van der Waals surface area contributed by atoms with Crippen molar-refractivity contribution in [2.45, 2.75) is 0 Å². The zero-order valence-corrected chi connectivity index (χ0v) is 19.6. The minimum absolute atomic E-state index is 0.124. The molecule has 3 N–H and O–H groups in total. The van der Waals surface area contributed by atoms with E-state index in [0.717, 1.165) is 22.0 Å². The smallest absolute Gasteiger partial charge is 0.321 e. The molecule has 0 spiro atoms. The van der Waals surface area contributed by atoms with Crippen LogP contribution in [0.25, 0.3) is 44.7 Å². The second-order valence-electron chi connectivity index (χ2n) is 8.47. The number of hydrogen-bond acceptors (Lipinski definition) is 6. The molecule has 0 aliphatic heterocycles. The molecule has 0 fully saturated rings. The molecule has 5 rings (SSSR count). The summed E-state index contributed by atoms with van der Waals surface area (Å²) in [6, 6.07) is 8.98. The van der Waals surface area contributed by atoms with Gasteiger partial charge in [0, 0.05) is 51.7 Å². The highest BCUT2D eigenvalue weighted by molar-refractivity contribution is 6.05. The Balaban J connectivity index is 1.56. The van der Waals surface area contributed by atoms with Crippen LogP contribution in [0, 0.1) is 0 Å². The number of carbonyl (C=O) groups is 2. The molecule has 0 saturated heterocycles. The summed E-state index contributed by atoms with van der Waals surface area (Å²) in [4.78, 5) is 44.3. The van der Waals surface area contributed by atoms with Gasteiger partial charge in [-0.15, -0.1) is 0 Å². The number of urea groups is 1. The predicted molar refractivity (Wildman–Crippen MR) is 133 cm³/mol. The topological polar surface area (TPSA) is 136 Å². The number of carbonyl (C=O) groups excluding carboxylic acids is 2. The summed E-state index contributed by atoms with van der Waals surface area (Å²) in [7, 11) is 6.75. The third kappa shape index (κ3) is 4.03. The lowest BCUT2D eigenvalue weighted by Gasteiger charge is -2.12. The van der Waals surface area contributed by atoms with Gasteiger partial charge in [0.25, 0.3) is 5.91 Å². The second-order valence-corrected chi connectivity index (χ2v) is 8.47. The van der Waals surface area contributed by atoms with Crippen LogP contribution in [0.5, 0.6) is 0 Å². The summed E-state index contributed by atoms with van der Waals surface area (Å²) in [5.41, 5.74) is 5.18. The SMILES string of the molecule is CN(C)C(=O)Nc1cncc(-c2cnc3n[nH]c(-c4nc5c(C(=O)N(C)C)cccc5[nH]4)c3c2)c1. The molecule has 11 heteroatoms. The maximum Gasteiger partial charge on any atom is 0.321 e. The normalized spacial score (nSPS) is 11.1. The van der Waals surface area contributed by atoms with Crippen molar-refractivity contribution in [1.82, 2.24) is 39.9 Å². The van der Waals surface area contributed by atoms with Gasteiger partial charge in [-0.2, -0.15) is 5.10 Å². The minimum atomic E-state index is -0.244.